The molecule has 0 atom stereocenters. The average molecular weight is 421 g/mol. The zero-order valence-corrected chi connectivity index (χ0v) is 19.6. The summed E-state index contributed by atoms with van der Waals surface area (Å²) in [5.41, 5.74) is 4.73. The molecule has 2 aromatic rings. The summed E-state index contributed by atoms with van der Waals surface area (Å²) in [6, 6.07) is 15.2. The molecule has 0 amide bonds. The molecule has 0 radical (unpaired) electrons. The summed E-state index contributed by atoms with van der Waals surface area (Å²) in [5.74, 6) is 8.42. The molecule has 1 aliphatic carbocycles. The molecule has 0 bridgehead atoms. The number of rotatable bonds is 8. The van der Waals surface area contributed by atoms with E-state index in [9.17, 15) is 0 Å². The maximum Gasteiger partial charge on any atom is 0.0496 e. The average Bonchev–Trinajstić information content (AvgIpc) is 2.78. The maximum absolute atomic E-state index is 6.63. The second-order valence-electron chi connectivity index (χ2n) is 8.98. The lowest BCUT2D eigenvalue weighted by molar-refractivity contribution is 0.296. The van der Waals surface area contributed by atoms with Gasteiger partial charge in [0.1, 0.15) is 0 Å². The Morgan fingerprint density at radius 1 is 0.867 bits per heavy atom. The molecule has 0 N–H and O–H groups in total. The fourth-order valence-electron chi connectivity index (χ4n) is 4.53. The van der Waals surface area contributed by atoms with E-state index in [2.05, 4.69) is 62.1 Å². The normalized spacial score (nSPS) is 18.6. The molecule has 1 fully saturated rings. The van der Waals surface area contributed by atoms with Gasteiger partial charge in [0.15, 0.2) is 0 Å². The highest BCUT2D eigenvalue weighted by molar-refractivity contribution is 6.33. The van der Waals surface area contributed by atoms with E-state index in [1.54, 1.807) is 0 Å². The van der Waals surface area contributed by atoms with Gasteiger partial charge in [-0.3, -0.25) is 0 Å². The zero-order valence-electron chi connectivity index (χ0n) is 18.9. The molecule has 1 saturated carbocycles. The first-order valence-corrected chi connectivity index (χ1v) is 12.5. The molecule has 30 heavy (non-hydrogen) atoms. The summed E-state index contributed by atoms with van der Waals surface area (Å²) in [6.45, 7) is 4.54. The van der Waals surface area contributed by atoms with Crippen LogP contribution in [-0.2, 0) is 6.42 Å². The maximum atomic E-state index is 6.63. The lowest BCUT2D eigenvalue weighted by atomic mass is 9.80. The summed E-state index contributed by atoms with van der Waals surface area (Å²) in [7, 11) is 0. The van der Waals surface area contributed by atoms with E-state index in [-0.39, 0.29) is 0 Å². The van der Waals surface area contributed by atoms with Crippen LogP contribution in [0.25, 0.3) is 11.1 Å². The first-order valence-electron chi connectivity index (χ1n) is 12.1. The van der Waals surface area contributed by atoms with Crippen molar-refractivity contribution < 1.29 is 0 Å². The van der Waals surface area contributed by atoms with Gasteiger partial charge in [0.2, 0.25) is 0 Å². The largest absolute Gasteiger partial charge is 0.0945 e. The SMILES string of the molecule is CCCCCc1ccc(-c2ccc(C#C[C@H]3CC[C@H](CCCC)CC3)cc2Cl)cc1. The predicted octanol–water partition coefficient (Wildman–Crippen LogP) is 9.09. The minimum atomic E-state index is 0.557. The van der Waals surface area contributed by atoms with Crippen molar-refractivity contribution >= 4 is 11.6 Å². The predicted molar refractivity (Wildman–Crippen MR) is 132 cm³/mol. The van der Waals surface area contributed by atoms with Gasteiger partial charge in [-0.1, -0.05) is 99.7 Å². The van der Waals surface area contributed by atoms with Crippen LogP contribution in [0.4, 0.5) is 0 Å². The third-order valence-corrected chi connectivity index (χ3v) is 6.85. The standard InChI is InChI=1S/C29H37Cl/c1-3-5-7-9-24-16-19-27(20-17-24)28-21-18-26(22-29(28)30)15-14-25-12-10-23(11-13-25)8-6-4-2/h16-23,25H,3-13H2,1-2H3/t23-,25-. The molecule has 160 valence electrons. The van der Waals surface area contributed by atoms with Crippen molar-refractivity contribution in [3.05, 3.63) is 58.6 Å². The molecule has 0 unspecified atom stereocenters. The lowest BCUT2D eigenvalue weighted by Crippen LogP contribution is -2.13. The number of hydrogen-bond acceptors (Lipinski definition) is 0. The van der Waals surface area contributed by atoms with Crippen LogP contribution in [0.3, 0.4) is 0 Å². The molecule has 3 rings (SSSR count). The van der Waals surface area contributed by atoms with Crippen LogP contribution in [0.15, 0.2) is 42.5 Å². The molecule has 0 aromatic heterocycles. The summed E-state index contributed by atoms with van der Waals surface area (Å²) in [5, 5.41) is 0.795. The first kappa shape index (κ1) is 23.0. The van der Waals surface area contributed by atoms with Crippen LogP contribution >= 0.6 is 11.6 Å². The van der Waals surface area contributed by atoms with E-state index in [1.807, 2.05) is 6.07 Å². The second-order valence-corrected chi connectivity index (χ2v) is 9.39. The molecule has 0 heterocycles. The van der Waals surface area contributed by atoms with Gasteiger partial charge in [-0.05, 0) is 67.7 Å². The van der Waals surface area contributed by atoms with Crippen molar-refractivity contribution in [1.82, 2.24) is 0 Å². The molecule has 0 saturated heterocycles. The Labute approximate surface area is 189 Å². The van der Waals surface area contributed by atoms with Crippen LogP contribution in [0.2, 0.25) is 5.02 Å². The summed E-state index contributed by atoms with van der Waals surface area (Å²) >= 11 is 6.63. The molecular weight excluding hydrogens is 384 g/mol. The van der Waals surface area contributed by atoms with Crippen molar-refractivity contribution in [3.63, 3.8) is 0 Å². The second kappa shape index (κ2) is 12.2. The molecular formula is C29H37Cl. The van der Waals surface area contributed by atoms with Gasteiger partial charge >= 0.3 is 0 Å². The van der Waals surface area contributed by atoms with Crippen molar-refractivity contribution in [2.75, 3.05) is 0 Å². The van der Waals surface area contributed by atoms with Gasteiger partial charge in [0, 0.05) is 22.1 Å². The molecule has 1 heteroatoms. The van der Waals surface area contributed by atoms with Crippen molar-refractivity contribution in [2.45, 2.75) is 84.5 Å². The summed E-state index contributed by atoms with van der Waals surface area (Å²) in [4.78, 5) is 0. The van der Waals surface area contributed by atoms with Gasteiger partial charge in [-0.25, -0.2) is 0 Å². The Hall–Kier alpha value is -1.71. The molecule has 1 aliphatic rings. The Morgan fingerprint density at radius 3 is 2.27 bits per heavy atom. The van der Waals surface area contributed by atoms with Gasteiger partial charge in [-0.15, -0.1) is 0 Å². The molecule has 0 nitrogen and oxygen atoms in total. The number of benzene rings is 2. The van der Waals surface area contributed by atoms with Crippen molar-refractivity contribution in [3.8, 4) is 23.0 Å². The van der Waals surface area contributed by atoms with Crippen LogP contribution in [0, 0.1) is 23.7 Å². The third kappa shape index (κ3) is 6.92. The molecule has 0 spiro atoms. The number of hydrogen-bond donors (Lipinski definition) is 0. The van der Waals surface area contributed by atoms with Crippen LogP contribution in [-0.4, -0.2) is 0 Å². The first-order chi connectivity index (χ1) is 14.7. The van der Waals surface area contributed by atoms with Gasteiger partial charge in [0.25, 0.3) is 0 Å². The molecule has 0 aliphatic heterocycles. The van der Waals surface area contributed by atoms with Crippen molar-refractivity contribution in [1.29, 1.82) is 0 Å². The zero-order chi connectivity index (χ0) is 21.2. The number of halogens is 1. The fraction of sp³-hybridized carbons (Fsp3) is 0.517. The van der Waals surface area contributed by atoms with E-state index < -0.39 is 0 Å². The highest BCUT2D eigenvalue weighted by Crippen LogP contribution is 2.32. The van der Waals surface area contributed by atoms with Crippen LogP contribution < -0.4 is 0 Å². The number of aryl methyl sites for hydroxylation is 1. The monoisotopic (exact) mass is 420 g/mol. The minimum absolute atomic E-state index is 0.557. The highest BCUT2D eigenvalue weighted by Gasteiger charge is 2.19. The van der Waals surface area contributed by atoms with E-state index in [4.69, 9.17) is 11.6 Å². The van der Waals surface area contributed by atoms with Gasteiger partial charge in [-0.2, -0.15) is 0 Å². The Bertz CT molecular complexity index is 829. The highest BCUT2D eigenvalue weighted by atomic mass is 35.5. The minimum Gasteiger partial charge on any atom is -0.0945 e. The van der Waals surface area contributed by atoms with Gasteiger partial charge < -0.3 is 0 Å². The number of unbranched alkanes of at least 4 members (excludes halogenated alkanes) is 3. The van der Waals surface area contributed by atoms with Gasteiger partial charge in [0.05, 0.1) is 0 Å². The topological polar surface area (TPSA) is 0 Å². The van der Waals surface area contributed by atoms with Crippen molar-refractivity contribution in [2.24, 2.45) is 11.8 Å². The summed E-state index contributed by atoms with van der Waals surface area (Å²) < 4.78 is 0. The van der Waals surface area contributed by atoms with Crippen LogP contribution in [0.5, 0.6) is 0 Å². The Morgan fingerprint density at radius 2 is 1.60 bits per heavy atom. The van der Waals surface area contributed by atoms with E-state index in [0.29, 0.717) is 5.92 Å². The molecule has 2 aromatic carbocycles. The fourth-order valence-corrected chi connectivity index (χ4v) is 4.82. The summed E-state index contributed by atoms with van der Waals surface area (Å²) in [6.07, 6.45) is 14.3. The Balaban J connectivity index is 1.58. The quantitative estimate of drug-likeness (QED) is 0.295. The third-order valence-electron chi connectivity index (χ3n) is 6.54. The Kier molecular flexibility index (Phi) is 9.35. The van der Waals surface area contributed by atoms with E-state index in [1.165, 1.54) is 75.3 Å². The lowest BCUT2D eigenvalue weighted by Gasteiger charge is -2.25. The van der Waals surface area contributed by atoms with E-state index in [0.717, 1.165) is 28.5 Å². The van der Waals surface area contributed by atoms with E-state index >= 15 is 0 Å². The van der Waals surface area contributed by atoms with Crippen LogP contribution in [0.1, 0.15) is 89.2 Å². The smallest absolute Gasteiger partial charge is 0.0496 e.